The first-order chi connectivity index (χ1) is 14.0. The first kappa shape index (κ1) is 19.9. The van der Waals surface area contributed by atoms with E-state index in [0.29, 0.717) is 44.8 Å². The standard InChI is InChI=1S/C22H26N2O4S/c25-22(24-13-11-23(12-14-24)19-10-15-29(26,27)17-19)21-9-5-4-6-18(21)16-28-20-7-2-1-3-8-20/h1-9,19H,10-17H2. The van der Waals surface area contributed by atoms with Crippen LogP contribution in [0.3, 0.4) is 0 Å². The molecule has 154 valence electrons. The molecule has 2 aromatic rings. The van der Waals surface area contributed by atoms with Gasteiger partial charge in [-0.2, -0.15) is 0 Å². The van der Waals surface area contributed by atoms with E-state index >= 15 is 0 Å². The van der Waals surface area contributed by atoms with Crippen LogP contribution in [0.2, 0.25) is 0 Å². The number of benzene rings is 2. The second kappa shape index (κ2) is 8.55. The zero-order valence-electron chi connectivity index (χ0n) is 16.4. The summed E-state index contributed by atoms with van der Waals surface area (Å²) in [6, 6.07) is 17.2. The molecule has 4 rings (SSSR count). The number of sulfone groups is 1. The average Bonchev–Trinajstić information content (AvgIpc) is 3.12. The first-order valence-electron chi connectivity index (χ1n) is 10.0. The van der Waals surface area contributed by atoms with Gasteiger partial charge < -0.3 is 9.64 Å². The number of hydrogen-bond acceptors (Lipinski definition) is 5. The van der Waals surface area contributed by atoms with Crippen molar-refractivity contribution in [2.75, 3.05) is 37.7 Å². The lowest BCUT2D eigenvalue weighted by Crippen LogP contribution is -2.52. The van der Waals surface area contributed by atoms with Gasteiger partial charge in [0.2, 0.25) is 0 Å². The number of amides is 1. The Balaban J connectivity index is 1.38. The monoisotopic (exact) mass is 414 g/mol. The van der Waals surface area contributed by atoms with Crippen molar-refractivity contribution in [3.8, 4) is 5.75 Å². The number of carbonyl (C=O) groups excluding carboxylic acids is 1. The third kappa shape index (κ3) is 4.79. The zero-order chi connectivity index (χ0) is 20.3. The van der Waals surface area contributed by atoms with Crippen molar-refractivity contribution in [2.24, 2.45) is 0 Å². The molecule has 0 saturated carbocycles. The summed E-state index contributed by atoms with van der Waals surface area (Å²) in [5.41, 5.74) is 1.53. The van der Waals surface area contributed by atoms with Crippen LogP contribution < -0.4 is 4.74 Å². The van der Waals surface area contributed by atoms with Gasteiger partial charge in [0.25, 0.3) is 5.91 Å². The summed E-state index contributed by atoms with van der Waals surface area (Å²) in [6.45, 7) is 3.00. The Morgan fingerprint density at radius 1 is 0.966 bits per heavy atom. The van der Waals surface area contributed by atoms with Gasteiger partial charge in [-0.3, -0.25) is 9.69 Å². The van der Waals surface area contributed by atoms with Gasteiger partial charge in [-0.25, -0.2) is 8.42 Å². The molecule has 2 fully saturated rings. The molecule has 29 heavy (non-hydrogen) atoms. The van der Waals surface area contributed by atoms with Crippen LogP contribution in [0, 0.1) is 0 Å². The summed E-state index contributed by atoms with van der Waals surface area (Å²) >= 11 is 0. The van der Waals surface area contributed by atoms with Crippen LogP contribution in [0.1, 0.15) is 22.3 Å². The Labute approximate surface area is 172 Å². The van der Waals surface area contributed by atoms with E-state index in [1.165, 1.54) is 0 Å². The molecule has 2 saturated heterocycles. The third-order valence-electron chi connectivity index (χ3n) is 5.71. The second-order valence-electron chi connectivity index (χ2n) is 7.64. The van der Waals surface area contributed by atoms with Gasteiger partial charge in [0.05, 0.1) is 11.5 Å². The Morgan fingerprint density at radius 3 is 2.34 bits per heavy atom. The van der Waals surface area contributed by atoms with E-state index in [9.17, 15) is 13.2 Å². The molecule has 0 spiro atoms. The molecular formula is C22H26N2O4S. The maximum atomic E-state index is 13.1. The minimum absolute atomic E-state index is 0.0101. The molecule has 2 aromatic carbocycles. The fourth-order valence-electron chi connectivity index (χ4n) is 4.06. The molecule has 6 nitrogen and oxygen atoms in total. The van der Waals surface area contributed by atoms with Gasteiger partial charge in [-0.15, -0.1) is 0 Å². The van der Waals surface area contributed by atoms with Crippen molar-refractivity contribution < 1.29 is 17.9 Å². The summed E-state index contributed by atoms with van der Waals surface area (Å²) in [5, 5.41) is 0. The molecule has 1 atom stereocenters. The SMILES string of the molecule is O=C(c1ccccc1COc1ccccc1)N1CCN(C2CCS(=O)(=O)C2)CC1. The lowest BCUT2D eigenvalue weighted by molar-refractivity contribution is 0.0585. The highest BCUT2D eigenvalue weighted by molar-refractivity contribution is 7.91. The maximum Gasteiger partial charge on any atom is 0.254 e. The van der Waals surface area contributed by atoms with Crippen molar-refractivity contribution in [2.45, 2.75) is 19.1 Å². The predicted octanol–water partition coefficient (Wildman–Crippen LogP) is 2.21. The molecule has 1 unspecified atom stereocenters. The van der Waals surface area contributed by atoms with E-state index in [1.807, 2.05) is 59.5 Å². The lowest BCUT2D eigenvalue weighted by Gasteiger charge is -2.37. The molecule has 0 bridgehead atoms. The van der Waals surface area contributed by atoms with Crippen molar-refractivity contribution >= 4 is 15.7 Å². The highest BCUT2D eigenvalue weighted by Gasteiger charge is 2.34. The Hall–Kier alpha value is -2.38. The van der Waals surface area contributed by atoms with Crippen molar-refractivity contribution in [3.05, 3.63) is 65.7 Å². The predicted molar refractivity (Wildman–Crippen MR) is 112 cm³/mol. The molecule has 0 radical (unpaired) electrons. The third-order valence-corrected chi connectivity index (χ3v) is 7.46. The minimum atomic E-state index is -2.89. The zero-order valence-corrected chi connectivity index (χ0v) is 17.2. The van der Waals surface area contributed by atoms with Gasteiger partial charge in [0.1, 0.15) is 12.4 Å². The van der Waals surface area contributed by atoms with E-state index in [1.54, 1.807) is 0 Å². The van der Waals surface area contributed by atoms with Gasteiger partial charge in [0, 0.05) is 43.3 Å². The van der Waals surface area contributed by atoms with Crippen LogP contribution in [0.15, 0.2) is 54.6 Å². The lowest BCUT2D eigenvalue weighted by atomic mass is 10.1. The number of rotatable bonds is 5. The van der Waals surface area contributed by atoms with Crippen LogP contribution in [-0.2, 0) is 16.4 Å². The molecular weight excluding hydrogens is 388 g/mol. The van der Waals surface area contributed by atoms with Crippen LogP contribution in [-0.4, -0.2) is 67.9 Å². The van der Waals surface area contributed by atoms with Crippen molar-refractivity contribution in [3.63, 3.8) is 0 Å². The van der Waals surface area contributed by atoms with E-state index in [-0.39, 0.29) is 23.5 Å². The number of hydrogen-bond donors (Lipinski definition) is 0. The number of carbonyl (C=O) groups is 1. The number of piperazine rings is 1. The Morgan fingerprint density at radius 2 is 1.66 bits per heavy atom. The van der Waals surface area contributed by atoms with Crippen LogP contribution in [0.25, 0.3) is 0 Å². The van der Waals surface area contributed by atoms with Crippen molar-refractivity contribution in [1.29, 1.82) is 0 Å². The Bertz CT molecular complexity index is 954. The summed E-state index contributed by atoms with van der Waals surface area (Å²) < 4.78 is 29.3. The summed E-state index contributed by atoms with van der Waals surface area (Å²) in [6.07, 6.45) is 0.704. The molecule has 2 aliphatic rings. The van der Waals surface area contributed by atoms with Gasteiger partial charge in [0.15, 0.2) is 9.84 Å². The smallest absolute Gasteiger partial charge is 0.254 e. The fourth-order valence-corrected chi connectivity index (χ4v) is 5.82. The van der Waals surface area contributed by atoms with E-state index < -0.39 is 9.84 Å². The summed E-state index contributed by atoms with van der Waals surface area (Å²) in [5.74, 6) is 1.32. The highest BCUT2D eigenvalue weighted by atomic mass is 32.2. The molecule has 7 heteroatoms. The number of ether oxygens (including phenoxy) is 1. The van der Waals surface area contributed by atoms with Crippen LogP contribution in [0.4, 0.5) is 0 Å². The second-order valence-corrected chi connectivity index (χ2v) is 9.87. The number of para-hydroxylation sites is 1. The molecule has 0 aliphatic carbocycles. The minimum Gasteiger partial charge on any atom is -0.489 e. The van der Waals surface area contributed by atoms with E-state index in [2.05, 4.69) is 4.90 Å². The average molecular weight is 415 g/mol. The molecule has 0 aromatic heterocycles. The molecule has 2 heterocycles. The van der Waals surface area contributed by atoms with Crippen LogP contribution in [0.5, 0.6) is 5.75 Å². The molecule has 0 N–H and O–H groups in total. The summed E-state index contributed by atoms with van der Waals surface area (Å²) in [4.78, 5) is 17.2. The number of nitrogens with zero attached hydrogens (tertiary/aromatic N) is 2. The largest absolute Gasteiger partial charge is 0.489 e. The Kier molecular flexibility index (Phi) is 5.87. The van der Waals surface area contributed by atoms with E-state index in [4.69, 9.17) is 4.74 Å². The van der Waals surface area contributed by atoms with Gasteiger partial charge >= 0.3 is 0 Å². The molecule has 2 aliphatic heterocycles. The maximum absolute atomic E-state index is 13.1. The fraction of sp³-hybridized carbons (Fsp3) is 0.409. The van der Waals surface area contributed by atoms with Gasteiger partial charge in [-0.1, -0.05) is 36.4 Å². The van der Waals surface area contributed by atoms with E-state index in [0.717, 1.165) is 11.3 Å². The van der Waals surface area contributed by atoms with Crippen molar-refractivity contribution in [1.82, 2.24) is 9.80 Å². The first-order valence-corrected chi connectivity index (χ1v) is 11.8. The topological polar surface area (TPSA) is 66.9 Å². The normalized spacial score (nSPS) is 21.8. The van der Waals surface area contributed by atoms with Crippen LogP contribution >= 0.6 is 0 Å². The van der Waals surface area contributed by atoms with Gasteiger partial charge in [-0.05, 0) is 24.6 Å². The summed E-state index contributed by atoms with van der Waals surface area (Å²) in [7, 11) is -2.89. The molecule has 1 amide bonds. The quantitative estimate of drug-likeness (QED) is 0.751. The highest BCUT2D eigenvalue weighted by Crippen LogP contribution is 2.21.